The second kappa shape index (κ2) is 4.63. The highest BCUT2D eigenvalue weighted by Crippen LogP contribution is 2.20. The molecule has 0 unspecified atom stereocenters. The minimum absolute atomic E-state index is 0.323. The van der Waals surface area contributed by atoms with E-state index >= 15 is 0 Å². The van der Waals surface area contributed by atoms with E-state index in [1.165, 1.54) is 0 Å². The van der Waals surface area contributed by atoms with Gasteiger partial charge in [0.2, 0.25) is 0 Å². The van der Waals surface area contributed by atoms with Crippen LogP contribution in [-0.2, 0) is 0 Å². The first-order valence-corrected chi connectivity index (χ1v) is 5.38. The molecular weight excluding hydrogens is 293 g/mol. The Kier molecular flexibility index (Phi) is 3.74. The minimum Gasteiger partial charge on any atom is -0.478 e. The zero-order valence-corrected chi connectivity index (χ0v) is 10.2. The Labute approximate surface area is 96.7 Å². The van der Waals surface area contributed by atoms with Crippen LogP contribution in [0.2, 0.25) is 0 Å². The van der Waals surface area contributed by atoms with E-state index in [0.717, 1.165) is 9.26 Å². The Morgan fingerprint density at radius 3 is 2.57 bits per heavy atom. The molecule has 2 N–H and O–H groups in total. The Morgan fingerprint density at radius 1 is 1.50 bits per heavy atom. The van der Waals surface area contributed by atoms with Gasteiger partial charge in [-0.3, -0.25) is 0 Å². The molecule has 76 valence electrons. The fourth-order valence-corrected chi connectivity index (χ4v) is 1.75. The number of benzene rings is 1. The van der Waals surface area contributed by atoms with Crippen molar-refractivity contribution in [1.29, 1.82) is 0 Å². The molecule has 0 aliphatic heterocycles. The van der Waals surface area contributed by atoms with Crippen molar-refractivity contribution in [3.8, 4) is 0 Å². The van der Waals surface area contributed by atoms with Crippen LogP contribution in [0.5, 0.6) is 0 Å². The first-order valence-electron chi connectivity index (χ1n) is 4.30. The molecule has 1 rings (SSSR count). The van der Waals surface area contributed by atoms with E-state index in [2.05, 4.69) is 27.9 Å². The Bertz CT molecular complexity index is 350. The number of carboxylic acids is 1. The minimum atomic E-state index is -0.890. The van der Waals surface area contributed by atoms with E-state index in [-0.39, 0.29) is 0 Å². The largest absolute Gasteiger partial charge is 0.478 e. The van der Waals surface area contributed by atoms with Crippen LogP contribution in [0, 0.1) is 3.57 Å². The van der Waals surface area contributed by atoms with Crippen molar-refractivity contribution < 1.29 is 9.90 Å². The normalized spacial score (nSPS) is 10.3. The highest BCUT2D eigenvalue weighted by Gasteiger charge is 2.06. The lowest BCUT2D eigenvalue weighted by Gasteiger charge is -2.11. The second-order valence-electron chi connectivity index (χ2n) is 3.30. The summed E-state index contributed by atoms with van der Waals surface area (Å²) in [6.45, 7) is 4.09. The summed E-state index contributed by atoms with van der Waals surface area (Å²) >= 11 is 2.13. The van der Waals surface area contributed by atoms with E-state index in [0.29, 0.717) is 11.6 Å². The Hall–Kier alpha value is -0.780. The number of hydrogen-bond acceptors (Lipinski definition) is 2. The lowest BCUT2D eigenvalue weighted by atomic mass is 10.2. The van der Waals surface area contributed by atoms with Crippen LogP contribution in [0.1, 0.15) is 24.2 Å². The lowest BCUT2D eigenvalue weighted by molar-refractivity contribution is 0.0697. The molecule has 0 heterocycles. The van der Waals surface area contributed by atoms with E-state index in [1.54, 1.807) is 18.2 Å². The van der Waals surface area contributed by atoms with Gasteiger partial charge in [0.1, 0.15) is 0 Å². The van der Waals surface area contributed by atoms with Crippen LogP contribution in [0.25, 0.3) is 0 Å². The summed E-state index contributed by atoms with van der Waals surface area (Å²) in [6.07, 6.45) is 0. The molecule has 0 saturated heterocycles. The molecule has 0 aliphatic rings. The Morgan fingerprint density at radius 2 is 2.14 bits per heavy atom. The molecule has 0 saturated carbocycles. The SMILES string of the molecule is CC(C)Nc1ccc(C(=O)O)cc1I. The van der Waals surface area contributed by atoms with Gasteiger partial charge in [0.05, 0.1) is 5.56 Å². The molecular formula is C10H12INO2. The predicted octanol–water partition coefficient (Wildman–Crippen LogP) is 2.81. The monoisotopic (exact) mass is 305 g/mol. The molecule has 0 aromatic heterocycles. The summed E-state index contributed by atoms with van der Waals surface area (Å²) in [5.41, 5.74) is 1.30. The number of halogens is 1. The maximum atomic E-state index is 10.7. The number of rotatable bonds is 3. The van der Waals surface area contributed by atoms with Gasteiger partial charge in [-0.1, -0.05) is 0 Å². The van der Waals surface area contributed by atoms with Gasteiger partial charge in [0.15, 0.2) is 0 Å². The summed E-state index contributed by atoms with van der Waals surface area (Å²) in [5, 5.41) is 12.0. The maximum absolute atomic E-state index is 10.7. The third-order valence-electron chi connectivity index (χ3n) is 1.66. The fourth-order valence-electron chi connectivity index (χ4n) is 1.08. The summed E-state index contributed by atoms with van der Waals surface area (Å²) in [5.74, 6) is -0.890. The highest BCUT2D eigenvalue weighted by molar-refractivity contribution is 14.1. The van der Waals surface area contributed by atoms with Crippen molar-refractivity contribution in [3.63, 3.8) is 0 Å². The van der Waals surface area contributed by atoms with Crippen LogP contribution < -0.4 is 5.32 Å². The van der Waals surface area contributed by atoms with E-state index < -0.39 is 5.97 Å². The van der Waals surface area contributed by atoms with Crippen molar-refractivity contribution in [3.05, 3.63) is 27.3 Å². The van der Waals surface area contributed by atoms with Gasteiger partial charge in [-0.15, -0.1) is 0 Å². The number of carboxylic acid groups (broad SMARTS) is 1. The van der Waals surface area contributed by atoms with Crippen LogP contribution in [0.3, 0.4) is 0 Å². The highest BCUT2D eigenvalue weighted by atomic mass is 127. The van der Waals surface area contributed by atoms with Gasteiger partial charge in [-0.2, -0.15) is 0 Å². The number of hydrogen-bond donors (Lipinski definition) is 2. The summed E-state index contributed by atoms with van der Waals surface area (Å²) in [4.78, 5) is 10.7. The standard InChI is InChI=1S/C10H12INO2/c1-6(2)12-9-4-3-7(10(13)14)5-8(9)11/h3-6,12H,1-2H3,(H,13,14). The molecule has 0 spiro atoms. The molecule has 14 heavy (non-hydrogen) atoms. The molecule has 3 nitrogen and oxygen atoms in total. The zero-order valence-electron chi connectivity index (χ0n) is 8.04. The van der Waals surface area contributed by atoms with E-state index in [1.807, 2.05) is 13.8 Å². The van der Waals surface area contributed by atoms with Crippen molar-refractivity contribution >= 4 is 34.2 Å². The first-order chi connectivity index (χ1) is 6.50. The summed E-state index contributed by atoms with van der Waals surface area (Å²) in [6, 6.07) is 5.41. The van der Waals surface area contributed by atoms with Gasteiger partial charge in [-0.05, 0) is 54.6 Å². The quantitative estimate of drug-likeness (QED) is 0.844. The van der Waals surface area contributed by atoms with Crippen molar-refractivity contribution in [1.82, 2.24) is 0 Å². The predicted molar refractivity (Wildman–Crippen MR) is 64.9 cm³/mol. The summed E-state index contributed by atoms with van der Waals surface area (Å²) in [7, 11) is 0. The number of aromatic carboxylic acids is 1. The molecule has 0 radical (unpaired) electrons. The molecule has 0 bridgehead atoms. The number of anilines is 1. The van der Waals surface area contributed by atoms with Gasteiger partial charge in [0, 0.05) is 15.3 Å². The maximum Gasteiger partial charge on any atom is 0.335 e. The average Bonchev–Trinajstić information content (AvgIpc) is 2.07. The van der Waals surface area contributed by atoms with Gasteiger partial charge >= 0.3 is 5.97 Å². The third-order valence-corrected chi connectivity index (χ3v) is 2.55. The Balaban J connectivity index is 2.95. The van der Waals surface area contributed by atoms with Crippen LogP contribution >= 0.6 is 22.6 Å². The van der Waals surface area contributed by atoms with Crippen LogP contribution in [-0.4, -0.2) is 17.1 Å². The van der Waals surface area contributed by atoms with E-state index in [4.69, 9.17) is 5.11 Å². The number of carbonyl (C=O) groups is 1. The van der Waals surface area contributed by atoms with Crippen LogP contribution in [0.15, 0.2) is 18.2 Å². The molecule has 1 aromatic rings. The topological polar surface area (TPSA) is 49.3 Å². The molecule has 0 fully saturated rings. The third kappa shape index (κ3) is 2.87. The van der Waals surface area contributed by atoms with Gasteiger partial charge in [-0.25, -0.2) is 4.79 Å². The smallest absolute Gasteiger partial charge is 0.335 e. The van der Waals surface area contributed by atoms with Crippen molar-refractivity contribution in [2.45, 2.75) is 19.9 Å². The molecule has 0 aliphatic carbocycles. The average molecular weight is 305 g/mol. The lowest BCUT2D eigenvalue weighted by Crippen LogP contribution is -2.11. The zero-order chi connectivity index (χ0) is 10.7. The molecule has 1 aromatic carbocycles. The van der Waals surface area contributed by atoms with Gasteiger partial charge in [0.25, 0.3) is 0 Å². The molecule has 4 heteroatoms. The van der Waals surface area contributed by atoms with Crippen LogP contribution in [0.4, 0.5) is 5.69 Å². The van der Waals surface area contributed by atoms with Gasteiger partial charge < -0.3 is 10.4 Å². The summed E-state index contributed by atoms with van der Waals surface area (Å²) < 4.78 is 0.927. The van der Waals surface area contributed by atoms with E-state index in [9.17, 15) is 4.79 Å². The number of nitrogens with one attached hydrogen (secondary N) is 1. The fraction of sp³-hybridized carbons (Fsp3) is 0.300. The molecule has 0 amide bonds. The van der Waals surface area contributed by atoms with Crippen molar-refractivity contribution in [2.24, 2.45) is 0 Å². The first kappa shape index (κ1) is 11.3. The van der Waals surface area contributed by atoms with Crippen molar-refractivity contribution in [2.75, 3.05) is 5.32 Å². The molecule has 0 atom stereocenters. The second-order valence-corrected chi connectivity index (χ2v) is 4.46.